The lowest BCUT2D eigenvalue weighted by atomic mass is 10.4. The third kappa shape index (κ3) is 3.47. The smallest absolute Gasteiger partial charge is 0.133 e. The molecule has 6 heteroatoms. The number of thiazole rings is 1. The van der Waals surface area contributed by atoms with Gasteiger partial charge in [0.2, 0.25) is 0 Å². The first kappa shape index (κ1) is 12.4. The van der Waals surface area contributed by atoms with Crippen molar-refractivity contribution in [1.82, 2.24) is 10.1 Å². The van der Waals surface area contributed by atoms with Crippen LogP contribution in [-0.2, 0) is 28.7 Å². The molecule has 0 aliphatic rings. The zero-order valence-electron chi connectivity index (χ0n) is 9.80. The summed E-state index contributed by atoms with van der Waals surface area (Å²) in [5, 5.41) is 6.90. The molecule has 0 aliphatic heterocycles. The minimum absolute atomic E-state index is 0.427. The van der Waals surface area contributed by atoms with Gasteiger partial charge in [-0.2, -0.15) is 0 Å². The van der Waals surface area contributed by atoms with Gasteiger partial charge in [-0.15, -0.1) is 11.3 Å². The predicted molar refractivity (Wildman–Crippen MR) is 68.3 cm³/mol. The second kappa shape index (κ2) is 5.55. The first-order valence-electron chi connectivity index (χ1n) is 5.38. The quantitative estimate of drug-likeness (QED) is 0.837. The first-order valence-corrected chi connectivity index (χ1v) is 7.74. The van der Waals surface area contributed by atoms with Crippen LogP contribution in [0.2, 0.25) is 0 Å². The Hall–Kier alpha value is -1.01. The molecule has 17 heavy (non-hydrogen) atoms. The fourth-order valence-electron chi connectivity index (χ4n) is 1.44. The second-order valence-electron chi connectivity index (χ2n) is 3.74. The maximum absolute atomic E-state index is 11.9. The van der Waals surface area contributed by atoms with Crippen molar-refractivity contribution in [3.63, 3.8) is 0 Å². The molecule has 1 atom stereocenters. The van der Waals surface area contributed by atoms with E-state index >= 15 is 0 Å². The SMILES string of the molecule is CCc1nc(C[S@@](=O)Cc2cc(C)on2)cs1. The largest absolute Gasteiger partial charge is 0.361 e. The summed E-state index contributed by atoms with van der Waals surface area (Å²) >= 11 is 1.62. The van der Waals surface area contributed by atoms with E-state index in [1.54, 1.807) is 11.3 Å². The van der Waals surface area contributed by atoms with Gasteiger partial charge in [-0.1, -0.05) is 12.1 Å². The zero-order chi connectivity index (χ0) is 12.3. The standard InChI is InChI=1S/C11H14N2O2S2/c1-3-11-12-10(5-16-11)7-17(14)6-9-4-8(2)15-13-9/h4-5H,3,6-7H2,1-2H3/t17-/m0/s1. The van der Waals surface area contributed by atoms with Gasteiger partial charge in [0.25, 0.3) is 0 Å². The highest BCUT2D eigenvalue weighted by molar-refractivity contribution is 7.83. The molecule has 2 aromatic heterocycles. The molecule has 92 valence electrons. The summed E-state index contributed by atoms with van der Waals surface area (Å²) in [5.74, 6) is 1.66. The van der Waals surface area contributed by atoms with Gasteiger partial charge in [-0.25, -0.2) is 4.98 Å². The number of hydrogen-bond donors (Lipinski definition) is 0. The Morgan fingerprint density at radius 2 is 2.18 bits per heavy atom. The van der Waals surface area contributed by atoms with Crippen LogP contribution >= 0.6 is 11.3 Å². The summed E-state index contributed by atoms with van der Waals surface area (Å²) in [5.41, 5.74) is 1.65. The Morgan fingerprint density at radius 1 is 1.41 bits per heavy atom. The van der Waals surface area contributed by atoms with Crippen LogP contribution < -0.4 is 0 Å². The van der Waals surface area contributed by atoms with Gasteiger partial charge in [0.15, 0.2) is 0 Å². The van der Waals surface area contributed by atoms with E-state index in [0.29, 0.717) is 11.5 Å². The summed E-state index contributed by atoms with van der Waals surface area (Å²) in [6.45, 7) is 3.89. The van der Waals surface area contributed by atoms with Crippen molar-refractivity contribution in [3.8, 4) is 0 Å². The van der Waals surface area contributed by atoms with Crippen LogP contribution in [0.3, 0.4) is 0 Å². The third-order valence-electron chi connectivity index (χ3n) is 2.20. The minimum Gasteiger partial charge on any atom is -0.361 e. The van der Waals surface area contributed by atoms with E-state index in [1.165, 1.54) is 0 Å². The molecular formula is C11H14N2O2S2. The summed E-state index contributed by atoms with van der Waals surface area (Å²) in [6.07, 6.45) is 0.930. The van der Waals surface area contributed by atoms with Crippen molar-refractivity contribution in [3.05, 3.63) is 33.6 Å². The summed E-state index contributed by atoms with van der Waals surface area (Å²) in [6, 6.07) is 1.82. The van der Waals surface area contributed by atoms with Crippen LogP contribution in [0.4, 0.5) is 0 Å². The molecule has 0 saturated heterocycles. The number of hydrogen-bond acceptors (Lipinski definition) is 5. The molecule has 0 bridgehead atoms. The predicted octanol–water partition coefficient (Wildman–Crippen LogP) is 2.45. The van der Waals surface area contributed by atoms with E-state index < -0.39 is 10.8 Å². The Morgan fingerprint density at radius 3 is 2.76 bits per heavy atom. The number of aromatic nitrogens is 2. The fourth-order valence-corrected chi connectivity index (χ4v) is 3.34. The van der Waals surface area contributed by atoms with Crippen molar-refractivity contribution in [2.24, 2.45) is 0 Å². The zero-order valence-corrected chi connectivity index (χ0v) is 11.4. The normalized spacial score (nSPS) is 12.8. The molecule has 0 aromatic carbocycles. The van der Waals surface area contributed by atoms with Crippen molar-refractivity contribution >= 4 is 22.1 Å². The summed E-state index contributed by atoms with van der Waals surface area (Å²) in [4.78, 5) is 4.40. The van der Waals surface area contributed by atoms with Gasteiger partial charge in [-0.05, 0) is 13.3 Å². The topological polar surface area (TPSA) is 56.0 Å². The van der Waals surface area contributed by atoms with Crippen molar-refractivity contribution in [1.29, 1.82) is 0 Å². The van der Waals surface area contributed by atoms with Crippen LogP contribution in [0, 0.1) is 6.92 Å². The van der Waals surface area contributed by atoms with Gasteiger partial charge in [0, 0.05) is 22.2 Å². The maximum atomic E-state index is 11.9. The fraction of sp³-hybridized carbons (Fsp3) is 0.455. The average Bonchev–Trinajstić information content (AvgIpc) is 2.88. The third-order valence-corrected chi connectivity index (χ3v) is 4.47. The van der Waals surface area contributed by atoms with Crippen molar-refractivity contribution in [2.75, 3.05) is 0 Å². The molecule has 0 unspecified atom stereocenters. The molecule has 0 fully saturated rings. The highest BCUT2D eigenvalue weighted by atomic mass is 32.2. The number of nitrogens with zero attached hydrogens (tertiary/aromatic N) is 2. The monoisotopic (exact) mass is 270 g/mol. The lowest BCUT2D eigenvalue weighted by Crippen LogP contribution is -2.00. The summed E-state index contributed by atoms with van der Waals surface area (Å²) < 4.78 is 16.8. The Bertz CT molecular complexity index is 519. The van der Waals surface area contributed by atoms with E-state index in [-0.39, 0.29) is 0 Å². The van der Waals surface area contributed by atoms with Gasteiger partial charge in [-0.3, -0.25) is 4.21 Å². The Labute approximate surface area is 107 Å². The van der Waals surface area contributed by atoms with Crippen molar-refractivity contribution in [2.45, 2.75) is 31.8 Å². The Kier molecular flexibility index (Phi) is 4.06. The lowest BCUT2D eigenvalue weighted by molar-refractivity contribution is 0.392. The van der Waals surface area contributed by atoms with E-state index in [2.05, 4.69) is 17.1 Å². The number of aryl methyl sites for hydroxylation is 2. The lowest BCUT2D eigenvalue weighted by Gasteiger charge is -1.96. The maximum Gasteiger partial charge on any atom is 0.133 e. The molecule has 0 radical (unpaired) electrons. The molecule has 0 aliphatic carbocycles. The van der Waals surface area contributed by atoms with E-state index in [4.69, 9.17) is 4.52 Å². The molecular weight excluding hydrogens is 256 g/mol. The first-order chi connectivity index (χ1) is 8.17. The van der Waals surface area contributed by atoms with Crippen LogP contribution in [0.25, 0.3) is 0 Å². The van der Waals surface area contributed by atoms with Crippen molar-refractivity contribution < 1.29 is 8.73 Å². The van der Waals surface area contributed by atoms with Gasteiger partial charge >= 0.3 is 0 Å². The van der Waals surface area contributed by atoms with Crippen LogP contribution in [0.5, 0.6) is 0 Å². The van der Waals surface area contributed by atoms with E-state index in [9.17, 15) is 4.21 Å². The van der Waals surface area contributed by atoms with Gasteiger partial charge in [0.05, 0.1) is 27.9 Å². The molecule has 4 nitrogen and oxygen atoms in total. The van der Waals surface area contributed by atoms with Crippen LogP contribution in [0.1, 0.15) is 29.1 Å². The van der Waals surface area contributed by atoms with E-state index in [0.717, 1.165) is 28.6 Å². The average molecular weight is 270 g/mol. The molecule has 0 spiro atoms. The highest BCUT2D eigenvalue weighted by Crippen LogP contribution is 2.13. The molecule has 2 rings (SSSR count). The Balaban J connectivity index is 1.93. The second-order valence-corrected chi connectivity index (χ2v) is 6.14. The minimum atomic E-state index is -0.976. The highest BCUT2D eigenvalue weighted by Gasteiger charge is 2.09. The van der Waals surface area contributed by atoms with Crippen LogP contribution in [0.15, 0.2) is 16.0 Å². The van der Waals surface area contributed by atoms with Gasteiger partial charge in [0.1, 0.15) is 5.76 Å². The molecule has 0 amide bonds. The van der Waals surface area contributed by atoms with Crippen LogP contribution in [-0.4, -0.2) is 14.3 Å². The molecule has 2 heterocycles. The van der Waals surface area contributed by atoms with Gasteiger partial charge < -0.3 is 4.52 Å². The summed E-state index contributed by atoms with van der Waals surface area (Å²) in [7, 11) is -0.976. The molecule has 2 aromatic rings. The van der Waals surface area contributed by atoms with E-state index in [1.807, 2.05) is 18.4 Å². The molecule has 0 N–H and O–H groups in total. The molecule has 0 saturated carbocycles. The number of rotatable bonds is 5.